The Bertz CT molecular complexity index is 1130. The predicted octanol–water partition coefficient (Wildman–Crippen LogP) is 3.30. The van der Waals surface area contributed by atoms with Crippen LogP contribution in [0.25, 0.3) is 0 Å². The number of hydrogen-bond donors (Lipinski definition) is 3. The Balaban J connectivity index is 1.82. The number of rotatable bonds is 7. The van der Waals surface area contributed by atoms with Gasteiger partial charge < -0.3 is 15.2 Å². The molecule has 182 valence electrons. The van der Waals surface area contributed by atoms with Crippen LogP contribution in [0.1, 0.15) is 12.5 Å². The second kappa shape index (κ2) is 9.87. The smallest absolute Gasteiger partial charge is 0.406 e. The average molecular weight is 502 g/mol. The van der Waals surface area contributed by atoms with E-state index in [1.165, 1.54) is 36.4 Å². The Morgan fingerprint density at radius 2 is 1.91 bits per heavy atom. The van der Waals surface area contributed by atoms with Crippen molar-refractivity contribution < 1.29 is 31.8 Å². The van der Waals surface area contributed by atoms with E-state index < -0.39 is 35.4 Å². The third-order valence-corrected chi connectivity index (χ3v) is 5.26. The summed E-state index contributed by atoms with van der Waals surface area (Å²) in [5.41, 5.74) is -2.05. The molecule has 3 aromatic rings. The van der Waals surface area contributed by atoms with Crippen LogP contribution in [0.2, 0.25) is 0 Å². The van der Waals surface area contributed by atoms with E-state index in [1.807, 2.05) is 0 Å². The molecule has 34 heavy (non-hydrogen) atoms. The number of aliphatic hydroxyl groups is 1. The number of hydrogen-bond acceptors (Lipinski definition) is 6. The van der Waals surface area contributed by atoms with Crippen molar-refractivity contribution in [1.29, 1.82) is 0 Å². The molecule has 14 heteroatoms. The minimum Gasteiger partial charge on any atom is -0.406 e. The molecule has 0 unspecified atom stereocenters. The van der Waals surface area contributed by atoms with Gasteiger partial charge in [-0.15, -0.1) is 13.2 Å². The highest BCUT2D eigenvalue weighted by Crippen LogP contribution is 2.32. The first kappa shape index (κ1) is 25.3. The summed E-state index contributed by atoms with van der Waals surface area (Å²) in [7, 11) is 0. The van der Waals surface area contributed by atoms with Gasteiger partial charge in [0, 0.05) is 17.3 Å². The Morgan fingerprint density at radius 3 is 2.47 bits per heavy atom. The van der Waals surface area contributed by atoms with Crippen molar-refractivity contribution >= 4 is 23.0 Å². The Labute approximate surface area is 195 Å². The summed E-state index contributed by atoms with van der Waals surface area (Å²) in [5, 5.41) is 19.0. The van der Waals surface area contributed by atoms with Crippen molar-refractivity contribution in [3.8, 4) is 5.75 Å². The van der Waals surface area contributed by atoms with Crippen LogP contribution in [-0.2, 0) is 12.1 Å². The number of nitrogens with two attached hydrogens (primary N) is 1. The SMILES string of the molecule is C[C@@H](N(N)C(=S)Nc1ccc(OC(F)(F)F)cc1)[C@](O)(Cn1cncn1)c1ccc(F)cc1F. The molecule has 0 aliphatic heterocycles. The lowest BCUT2D eigenvalue weighted by atomic mass is 9.86. The Morgan fingerprint density at radius 1 is 1.24 bits per heavy atom. The van der Waals surface area contributed by atoms with Crippen LogP contribution in [0.3, 0.4) is 0 Å². The molecule has 0 amide bonds. The van der Waals surface area contributed by atoms with E-state index in [0.29, 0.717) is 6.07 Å². The first-order valence-corrected chi connectivity index (χ1v) is 10.0. The number of anilines is 1. The zero-order chi connectivity index (χ0) is 25.1. The van der Waals surface area contributed by atoms with E-state index in [-0.39, 0.29) is 22.9 Å². The molecule has 0 aliphatic carbocycles. The van der Waals surface area contributed by atoms with Gasteiger partial charge in [-0.3, -0.25) is 5.01 Å². The van der Waals surface area contributed by atoms with Crippen molar-refractivity contribution in [2.75, 3.05) is 5.32 Å². The van der Waals surface area contributed by atoms with E-state index in [1.54, 1.807) is 0 Å². The lowest BCUT2D eigenvalue weighted by Crippen LogP contribution is -2.57. The van der Waals surface area contributed by atoms with Crippen LogP contribution in [-0.4, -0.2) is 42.4 Å². The maximum Gasteiger partial charge on any atom is 0.573 e. The van der Waals surface area contributed by atoms with Crippen molar-refractivity contribution in [3.05, 3.63) is 72.3 Å². The third-order valence-electron chi connectivity index (χ3n) is 4.95. The molecule has 0 aliphatic rings. The van der Waals surface area contributed by atoms with Crippen LogP contribution in [0, 0.1) is 11.6 Å². The van der Waals surface area contributed by atoms with Crippen molar-refractivity contribution in [2.45, 2.75) is 31.5 Å². The fourth-order valence-corrected chi connectivity index (χ4v) is 3.45. The van der Waals surface area contributed by atoms with Gasteiger partial charge in [0.2, 0.25) is 0 Å². The topological polar surface area (TPSA) is 101 Å². The number of benzene rings is 2. The number of ether oxygens (including phenoxy) is 1. The lowest BCUT2D eigenvalue weighted by molar-refractivity contribution is -0.274. The van der Waals surface area contributed by atoms with Crippen molar-refractivity contribution in [3.63, 3.8) is 0 Å². The Kier molecular flexibility index (Phi) is 7.33. The highest BCUT2D eigenvalue weighted by atomic mass is 32.1. The van der Waals surface area contributed by atoms with Crippen molar-refractivity contribution in [2.24, 2.45) is 5.84 Å². The van der Waals surface area contributed by atoms with Crippen LogP contribution in [0.4, 0.5) is 27.6 Å². The van der Waals surface area contributed by atoms with Gasteiger partial charge in [-0.25, -0.2) is 24.3 Å². The van der Waals surface area contributed by atoms with Gasteiger partial charge in [0.05, 0.1) is 12.6 Å². The monoisotopic (exact) mass is 502 g/mol. The van der Waals surface area contributed by atoms with Gasteiger partial charge in [-0.05, 0) is 49.5 Å². The summed E-state index contributed by atoms with van der Waals surface area (Å²) in [6.45, 7) is 1.14. The second-order valence-corrected chi connectivity index (χ2v) is 7.61. The fourth-order valence-electron chi connectivity index (χ4n) is 3.18. The van der Waals surface area contributed by atoms with E-state index in [4.69, 9.17) is 18.1 Å². The number of hydrazine groups is 1. The molecule has 0 saturated heterocycles. The first-order chi connectivity index (χ1) is 15.9. The largest absolute Gasteiger partial charge is 0.573 e. The molecule has 2 atom stereocenters. The zero-order valence-corrected chi connectivity index (χ0v) is 18.3. The molecular weight excluding hydrogens is 483 g/mol. The van der Waals surface area contributed by atoms with Crippen molar-refractivity contribution in [1.82, 2.24) is 19.8 Å². The van der Waals surface area contributed by atoms with Gasteiger partial charge >= 0.3 is 6.36 Å². The number of thiocarbonyl (C=S) groups is 1. The zero-order valence-electron chi connectivity index (χ0n) is 17.5. The first-order valence-electron chi connectivity index (χ1n) is 9.60. The molecule has 0 bridgehead atoms. The average Bonchev–Trinajstić information content (AvgIpc) is 3.25. The van der Waals surface area contributed by atoms with E-state index in [0.717, 1.165) is 29.3 Å². The summed E-state index contributed by atoms with van der Waals surface area (Å²) in [6.07, 6.45) is -2.33. The molecule has 3 rings (SSSR count). The highest BCUT2D eigenvalue weighted by molar-refractivity contribution is 7.80. The molecule has 1 aromatic heterocycles. The maximum atomic E-state index is 14.7. The molecule has 4 N–H and O–H groups in total. The van der Waals surface area contributed by atoms with Gasteiger partial charge in [0.25, 0.3) is 0 Å². The van der Waals surface area contributed by atoms with Gasteiger partial charge in [0.1, 0.15) is 35.6 Å². The van der Waals surface area contributed by atoms with Crippen LogP contribution < -0.4 is 15.9 Å². The number of nitrogens with zero attached hydrogens (tertiary/aromatic N) is 4. The number of alkyl halides is 3. The van der Waals surface area contributed by atoms with Gasteiger partial charge in [-0.2, -0.15) is 5.10 Å². The molecule has 0 spiro atoms. The Hall–Kier alpha value is -3.36. The molecule has 1 heterocycles. The van der Waals surface area contributed by atoms with Crippen LogP contribution in [0.5, 0.6) is 5.75 Å². The standard InChI is InChI=1S/C20H19F5N6O2S/c1-12(31(26)18(34)29-14-3-5-15(6-4-14)33-20(23,24)25)19(32,9-30-11-27-10-28-30)16-7-2-13(21)8-17(16)22/h2-8,10-12,32H,9,26H2,1H3,(H,29,34)/t12-,19-/m1/s1. The molecule has 2 aromatic carbocycles. The second-order valence-electron chi connectivity index (χ2n) is 7.23. The summed E-state index contributed by atoms with van der Waals surface area (Å²) in [5.74, 6) is 3.83. The summed E-state index contributed by atoms with van der Waals surface area (Å²) in [6, 6.07) is 6.26. The minimum absolute atomic E-state index is 0.142. The quantitative estimate of drug-likeness (QED) is 0.196. The number of halogens is 5. The van der Waals surface area contributed by atoms with Crippen LogP contribution >= 0.6 is 12.2 Å². The molecular formula is C20H19F5N6O2S. The molecule has 0 saturated carbocycles. The van der Waals surface area contributed by atoms with E-state index >= 15 is 0 Å². The molecule has 0 radical (unpaired) electrons. The van der Waals surface area contributed by atoms with Gasteiger partial charge in [-0.1, -0.05) is 6.07 Å². The summed E-state index contributed by atoms with van der Waals surface area (Å²) < 4.78 is 70.1. The normalized spacial score (nSPS) is 14.2. The van der Waals surface area contributed by atoms with E-state index in [9.17, 15) is 27.1 Å². The molecule has 0 fully saturated rings. The van der Waals surface area contributed by atoms with Gasteiger partial charge in [0.15, 0.2) is 5.11 Å². The third kappa shape index (κ3) is 5.95. The maximum absolute atomic E-state index is 14.7. The summed E-state index contributed by atoms with van der Waals surface area (Å²) in [4.78, 5) is 3.78. The molecule has 8 nitrogen and oxygen atoms in total. The lowest BCUT2D eigenvalue weighted by Gasteiger charge is -2.40. The fraction of sp³-hybridized carbons (Fsp3) is 0.250. The minimum atomic E-state index is -4.84. The van der Waals surface area contributed by atoms with E-state index in [2.05, 4.69) is 20.1 Å². The number of aromatic nitrogens is 3. The van der Waals surface area contributed by atoms with Crippen LogP contribution in [0.15, 0.2) is 55.1 Å². The number of nitrogens with one attached hydrogen (secondary N) is 1. The predicted molar refractivity (Wildman–Crippen MR) is 115 cm³/mol. The highest BCUT2D eigenvalue weighted by Gasteiger charge is 2.42. The summed E-state index contributed by atoms with van der Waals surface area (Å²) >= 11 is 5.25.